The van der Waals surface area contributed by atoms with Crippen molar-refractivity contribution in [3.63, 3.8) is 0 Å². The van der Waals surface area contributed by atoms with Gasteiger partial charge in [-0.3, -0.25) is 0 Å². The number of fused-ring (bicyclic) bond motifs is 1. The molecule has 2 aromatic heterocycles. The summed E-state index contributed by atoms with van der Waals surface area (Å²) in [6, 6.07) is 3.96. The van der Waals surface area contributed by atoms with Crippen LogP contribution in [0.15, 0.2) is 18.3 Å². The molecule has 0 spiro atoms. The fourth-order valence-electron chi connectivity index (χ4n) is 3.04. The summed E-state index contributed by atoms with van der Waals surface area (Å²) >= 11 is 0. The number of aromatic nitrogens is 3. The molecular weight excluding hydrogens is 224 g/mol. The van der Waals surface area contributed by atoms with Crippen LogP contribution >= 0.6 is 0 Å². The van der Waals surface area contributed by atoms with Crippen molar-refractivity contribution in [1.82, 2.24) is 14.5 Å². The van der Waals surface area contributed by atoms with Gasteiger partial charge in [0.2, 0.25) is 0 Å². The van der Waals surface area contributed by atoms with E-state index < -0.39 is 0 Å². The Hall–Kier alpha value is -1.42. The average Bonchev–Trinajstić information content (AvgIpc) is 2.92. The predicted octanol–water partition coefficient (Wildman–Crippen LogP) is 2.27. The summed E-state index contributed by atoms with van der Waals surface area (Å²) in [6.07, 6.45) is 7.44. The first kappa shape index (κ1) is 11.7. The third kappa shape index (κ3) is 1.90. The minimum absolute atomic E-state index is 0.0473. The Balaban J connectivity index is 2.00. The van der Waals surface area contributed by atoms with E-state index in [0.717, 1.165) is 42.8 Å². The average molecular weight is 244 g/mol. The molecule has 1 aliphatic carbocycles. The van der Waals surface area contributed by atoms with Gasteiger partial charge in [0.1, 0.15) is 11.3 Å². The second-order valence-electron chi connectivity index (χ2n) is 5.36. The molecule has 0 aliphatic heterocycles. The van der Waals surface area contributed by atoms with E-state index in [4.69, 9.17) is 10.7 Å². The highest BCUT2D eigenvalue weighted by molar-refractivity contribution is 5.71. The first-order chi connectivity index (χ1) is 8.72. The van der Waals surface area contributed by atoms with E-state index >= 15 is 0 Å². The van der Waals surface area contributed by atoms with E-state index in [1.54, 1.807) is 0 Å². The standard InChI is InChI=1S/C14H20N4/c1-2-18-12(10-14(15)7-3-4-8-14)17-11-6-5-9-16-13(11)18/h5-6,9H,2-4,7-8,10,15H2,1H3. The van der Waals surface area contributed by atoms with Gasteiger partial charge in [0.25, 0.3) is 0 Å². The highest BCUT2D eigenvalue weighted by Crippen LogP contribution is 2.30. The number of aryl methyl sites for hydroxylation is 1. The van der Waals surface area contributed by atoms with Crippen molar-refractivity contribution in [2.24, 2.45) is 5.73 Å². The van der Waals surface area contributed by atoms with Crippen LogP contribution in [0.3, 0.4) is 0 Å². The van der Waals surface area contributed by atoms with Gasteiger partial charge < -0.3 is 10.3 Å². The van der Waals surface area contributed by atoms with Crippen LogP contribution in [0.2, 0.25) is 0 Å². The van der Waals surface area contributed by atoms with Gasteiger partial charge in [0, 0.05) is 24.7 Å². The van der Waals surface area contributed by atoms with Crippen molar-refractivity contribution in [3.05, 3.63) is 24.2 Å². The summed E-state index contributed by atoms with van der Waals surface area (Å²) in [4.78, 5) is 9.14. The number of pyridine rings is 1. The molecule has 0 radical (unpaired) electrons. The van der Waals surface area contributed by atoms with E-state index in [1.165, 1.54) is 12.8 Å². The van der Waals surface area contributed by atoms with Crippen LogP contribution in [0.5, 0.6) is 0 Å². The van der Waals surface area contributed by atoms with Gasteiger partial charge >= 0.3 is 0 Å². The third-order valence-corrected chi connectivity index (χ3v) is 4.01. The molecule has 4 nitrogen and oxygen atoms in total. The summed E-state index contributed by atoms with van der Waals surface area (Å²) in [5.41, 5.74) is 8.38. The summed E-state index contributed by atoms with van der Waals surface area (Å²) < 4.78 is 2.20. The monoisotopic (exact) mass is 244 g/mol. The summed E-state index contributed by atoms with van der Waals surface area (Å²) in [7, 11) is 0. The van der Waals surface area contributed by atoms with Gasteiger partial charge in [0.15, 0.2) is 5.65 Å². The van der Waals surface area contributed by atoms with Crippen LogP contribution in [-0.4, -0.2) is 20.1 Å². The Morgan fingerprint density at radius 3 is 2.89 bits per heavy atom. The van der Waals surface area contributed by atoms with E-state index in [2.05, 4.69) is 16.5 Å². The maximum absolute atomic E-state index is 6.46. The molecular formula is C14H20N4. The first-order valence-corrected chi connectivity index (χ1v) is 6.81. The van der Waals surface area contributed by atoms with Crippen molar-refractivity contribution < 1.29 is 0 Å². The van der Waals surface area contributed by atoms with Crippen LogP contribution in [0.1, 0.15) is 38.4 Å². The van der Waals surface area contributed by atoms with Gasteiger partial charge in [-0.05, 0) is 31.9 Å². The van der Waals surface area contributed by atoms with Crippen molar-refractivity contribution in [2.75, 3.05) is 0 Å². The molecule has 1 fully saturated rings. The summed E-state index contributed by atoms with van der Waals surface area (Å²) in [6.45, 7) is 3.04. The number of hydrogen-bond donors (Lipinski definition) is 1. The van der Waals surface area contributed by atoms with E-state index in [-0.39, 0.29) is 5.54 Å². The van der Waals surface area contributed by atoms with Gasteiger partial charge in [-0.25, -0.2) is 9.97 Å². The molecule has 3 rings (SSSR count). The fourth-order valence-corrected chi connectivity index (χ4v) is 3.04. The van der Waals surface area contributed by atoms with Crippen molar-refractivity contribution in [2.45, 2.75) is 51.1 Å². The lowest BCUT2D eigenvalue weighted by Crippen LogP contribution is -2.39. The van der Waals surface area contributed by atoms with E-state index in [0.29, 0.717) is 0 Å². The second kappa shape index (κ2) is 4.35. The molecule has 2 heterocycles. The molecule has 4 heteroatoms. The molecule has 0 aromatic carbocycles. The van der Waals surface area contributed by atoms with Crippen molar-refractivity contribution >= 4 is 11.2 Å². The van der Waals surface area contributed by atoms with Crippen LogP contribution in [-0.2, 0) is 13.0 Å². The Bertz CT molecular complexity index is 552. The molecule has 1 saturated carbocycles. The third-order valence-electron chi connectivity index (χ3n) is 4.01. The van der Waals surface area contributed by atoms with Gasteiger partial charge in [-0.2, -0.15) is 0 Å². The maximum atomic E-state index is 6.46. The van der Waals surface area contributed by atoms with Gasteiger partial charge in [0.05, 0.1) is 0 Å². The molecule has 2 N–H and O–H groups in total. The van der Waals surface area contributed by atoms with Gasteiger partial charge in [-0.1, -0.05) is 12.8 Å². The van der Waals surface area contributed by atoms with Gasteiger partial charge in [-0.15, -0.1) is 0 Å². The van der Waals surface area contributed by atoms with E-state index in [9.17, 15) is 0 Å². The smallest absolute Gasteiger partial charge is 0.159 e. The zero-order chi connectivity index (χ0) is 12.6. The molecule has 96 valence electrons. The topological polar surface area (TPSA) is 56.7 Å². The highest BCUT2D eigenvalue weighted by Gasteiger charge is 2.31. The number of nitrogens with two attached hydrogens (primary N) is 1. The zero-order valence-electron chi connectivity index (χ0n) is 10.9. The minimum Gasteiger partial charge on any atom is -0.325 e. The minimum atomic E-state index is -0.0473. The number of imidazole rings is 1. The predicted molar refractivity (Wildman–Crippen MR) is 72.3 cm³/mol. The normalized spacial score (nSPS) is 18.6. The molecule has 0 amide bonds. The molecule has 0 atom stereocenters. The lowest BCUT2D eigenvalue weighted by atomic mass is 9.94. The Morgan fingerprint density at radius 2 is 2.17 bits per heavy atom. The number of rotatable bonds is 3. The van der Waals surface area contributed by atoms with Crippen LogP contribution in [0.25, 0.3) is 11.2 Å². The maximum Gasteiger partial charge on any atom is 0.159 e. The summed E-state index contributed by atoms with van der Waals surface area (Å²) in [5.74, 6) is 1.09. The molecule has 18 heavy (non-hydrogen) atoms. The van der Waals surface area contributed by atoms with Crippen molar-refractivity contribution in [3.8, 4) is 0 Å². The Kier molecular flexibility index (Phi) is 2.82. The lowest BCUT2D eigenvalue weighted by molar-refractivity contribution is 0.419. The number of nitrogens with zero attached hydrogens (tertiary/aromatic N) is 3. The van der Waals surface area contributed by atoms with Crippen LogP contribution in [0, 0.1) is 0 Å². The SMILES string of the molecule is CCn1c(CC2(N)CCCC2)nc2cccnc21. The quantitative estimate of drug-likeness (QED) is 0.901. The molecule has 2 aromatic rings. The second-order valence-corrected chi connectivity index (χ2v) is 5.36. The molecule has 0 saturated heterocycles. The fraction of sp³-hybridized carbons (Fsp3) is 0.571. The molecule has 0 bridgehead atoms. The Labute approximate surface area is 107 Å². The largest absolute Gasteiger partial charge is 0.325 e. The van der Waals surface area contributed by atoms with Crippen molar-refractivity contribution in [1.29, 1.82) is 0 Å². The highest BCUT2D eigenvalue weighted by atomic mass is 15.1. The summed E-state index contributed by atoms with van der Waals surface area (Å²) in [5, 5.41) is 0. The molecule has 0 unspecified atom stereocenters. The number of hydrogen-bond acceptors (Lipinski definition) is 3. The first-order valence-electron chi connectivity index (χ1n) is 6.81. The Morgan fingerprint density at radius 1 is 1.39 bits per heavy atom. The van der Waals surface area contributed by atoms with Crippen LogP contribution in [0.4, 0.5) is 0 Å². The van der Waals surface area contributed by atoms with Crippen LogP contribution < -0.4 is 5.73 Å². The lowest BCUT2D eigenvalue weighted by Gasteiger charge is -2.23. The van der Waals surface area contributed by atoms with E-state index in [1.807, 2.05) is 18.3 Å². The zero-order valence-corrected chi connectivity index (χ0v) is 10.9. The molecule has 1 aliphatic rings.